The second-order valence-electron chi connectivity index (χ2n) is 5.02. The molecule has 0 radical (unpaired) electrons. The fraction of sp³-hybridized carbons (Fsp3) is 0.500. The van der Waals surface area contributed by atoms with Gasteiger partial charge in [0.25, 0.3) is 0 Å². The SMILES string of the molecule is CCN(CC(C)C)c1ccc(C(N)=S)c(C(F)(F)F)c1. The Morgan fingerprint density at radius 2 is 1.95 bits per heavy atom. The Balaban J connectivity index is 3.28. The van der Waals surface area contributed by atoms with Gasteiger partial charge >= 0.3 is 6.18 Å². The summed E-state index contributed by atoms with van der Waals surface area (Å²) in [7, 11) is 0. The van der Waals surface area contributed by atoms with E-state index in [4.69, 9.17) is 5.73 Å². The van der Waals surface area contributed by atoms with Crippen LogP contribution in [0.1, 0.15) is 31.9 Å². The van der Waals surface area contributed by atoms with Crippen LogP contribution in [-0.2, 0) is 6.18 Å². The zero-order chi connectivity index (χ0) is 15.5. The first-order valence-corrected chi connectivity index (χ1v) is 6.83. The molecular formula is C14H19F3N2S. The van der Waals surface area contributed by atoms with E-state index in [0.29, 0.717) is 24.7 Å². The molecule has 112 valence electrons. The number of anilines is 1. The highest BCUT2D eigenvalue weighted by Crippen LogP contribution is 2.34. The predicted molar refractivity (Wildman–Crippen MR) is 80.1 cm³/mol. The normalized spacial score (nSPS) is 11.8. The third-order valence-electron chi connectivity index (χ3n) is 2.91. The third-order valence-corrected chi connectivity index (χ3v) is 3.13. The van der Waals surface area contributed by atoms with Gasteiger partial charge in [0.05, 0.1) is 5.56 Å². The lowest BCUT2D eigenvalue weighted by molar-refractivity contribution is -0.137. The lowest BCUT2D eigenvalue weighted by atomic mass is 10.0. The summed E-state index contributed by atoms with van der Waals surface area (Å²) in [6.45, 7) is 7.30. The fourth-order valence-electron chi connectivity index (χ4n) is 2.04. The second kappa shape index (κ2) is 6.43. The Morgan fingerprint density at radius 3 is 2.35 bits per heavy atom. The molecule has 0 amide bonds. The van der Waals surface area contributed by atoms with Crippen LogP contribution in [0.2, 0.25) is 0 Å². The van der Waals surface area contributed by atoms with Gasteiger partial charge in [0, 0.05) is 24.3 Å². The molecule has 2 nitrogen and oxygen atoms in total. The van der Waals surface area contributed by atoms with E-state index in [0.717, 1.165) is 6.07 Å². The summed E-state index contributed by atoms with van der Waals surface area (Å²) in [5.74, 6) is 0.361. The first-order chi connectivity index (χ1) is 9.16. The lowest BCUT2D eigenvalue weighted by Crippen LogP contribution is -2.28. The molecule has 1 rings (SSSR count). The van der Waals surface area contributed by atoms with Crippen LogP contribution >= 0.6 is 12.2 Å². The number of halogens is 3. The molecule has 0 aliphatic rings. The van der Waals surface area contributed by atoms with Crippen LogP contribution in [0.25, 0.3) is 0 Å². The number of hydrogen-bond acceptors (Lipinski definition) is 2. The molecule has 0 unspecified atom stereocenters. The van der Waals surface area contributed by atoms with Crippen LogP contribution in [0.5, 0.6) is 0 Å². The van der Waals surface area contributed by atoms with Gasteiger partial charge in [0.15, 0.2) is 0 Å². The molecule has 0 aliphatic heterocycles. The number of alkyl halides is 3. The number of hydrogen-bond donors (Lipinski definition) is 1. The highest BCUT2D eigenvalue weighted by atomic mass is 32.1. The molecule has 0 heterocycles. The molecule has 6 heteroatoms. The van der Waals surface area contributed by atoms with E-state index >= 15 is 0 Å². The molecule has 0 saturated heterocycles. The Morgan fingerprint density at radius 1 is 1.35 bits per heavy atom. The van der Waals surface area contributed by atoms with Gasteiger partial charge in [0.2, 0.25) is 0 Å². The van der Waals surface area contributed by atoms with Crippen LogP contribution in [0.3, 0.4) is 0 Å². The summed E-state index contributed by atoms with van der Waals surface area (Å²) in [5, 5.41) is 0. The van der Waals surface area contributed by atoms with Crippen molar-refractivity contribution < 1.29 is 13.2 Å². The van der Waals surface area contributed by atoms with Crippen LogP contribution in [0.4, 0.5) is 18.9 Å². The van der Waals surface area contributed by atoms with Crippen molar-refractivity contribution in [1.29, 1.82) is 0 Å². The molecule has 0 bridgehead atoms. The summed E-state index contributed by atoms with van der Waals surface area (Å²) in [5.41, 5.74) is 5.00. The maximum Gasteiger partial charge on any atom is 0.417 e. The highest BCUT2D eigenvalue weighted by Gasteiger charge is 2.34. The van der Waals surface area contributed by atoms with Crippen molar-refractivity contribution in [1.82, 2.24) is 0 Å². The fourth-order valence-corrected chi connectivity index (χ4v) is 2.21. The van der Waals surface area contributed by atoms with E-state index < -0.39 is 11.7 Å². The summed E-state index contributed by atoms with van der Waals surface area (Å²) in [6, 6.07) is 4.11. The summed E-state index contributed by atoms with van der Waals surface area (Å²) in [6.07, 6.45) is -4.47. The van der Waals surface area contributed by atoms with Crippen LogP contribution in [0.15, 0.2) is 18.2 Å². The Labute approximate surface area is 122 Å². The molecule has 0 aliphatic carbocycles. The molecular weight excluding hydrogens is 285 g/mol. The van der Waals surface area contributed by atoms with Gasteiger partial charge in [-0.15, -0.1) is 0 Å². The maximum atomic E-state index is 13.1. The largest absolute Gasteiger partial charge is 0.417 e. The average Bonchev–Trinajstić information content (AvgIpc) is 2.33. The molecule has 1 aromatic rings. The minimum atomic E-state index is -4.47. The van der Waals surface area contributed by atoms with Crippen molar-refractivity contribution in [3.8, 4) is 0 Å². The van der Waals surface area contributed by atoms with Gasteiger partial charge in [-0.05, 0) is 31.0 Å². The Bertz CT molecular complexity index is 484. The van der Waals surface area contributed by atoms with Crippen molar-refractivity contribution in [2.24, 2.45) is 11.7 Å². The lowest BCUT2D eigenvalue weighted by Gasteiger charge is -2.26. The van der Waals surface area contributed by atoms with Crippen molar-refractivity contribution >= 4 is 22.9 Å². The second-order valence-corrected chi connectivity index (χ2v) is 5.46. The Kier molecular flexibility index (Phi) is 5.39. The van der Waals surface area contributed by atoms with Crippen LogP contribution in [0, 0.1) is 5.92 Å². The number of thiocarbonyl (C=S) groups is 1. The monoisotopic (exact) mass is 304 g/mol. The average molecular weight is 304 g/mol. The number of nitrogens with two attached hydrogens (primary N) is 1. The van der Waals surface area contributed by atoms with Gasteiger partial charge in [-0.3, -0.25) is 0 Å². The maximum absolute atomic E-state index is 13.1. The summed E-state index contributed by atoms with van der Waals surface area (Å²) < 4.78 is 39.3. The van der Waals surface area contributed by atoms with E-state index in [1.54, 1.807) is 6.07 Å². The van der Waals surface area contributed by atoms with Crippen LogP contribution < -0.4 is 10.6 Å². The number of rotatable bonds is 5. The molecule has 1 aromatic carbocycles. The smallest absolute Gasteiger partial charge is 0.389 e. The van der Waals surface area contributed by atoms with E-state index in [9.17, 15) is 13.2 Å². The van der Waals surface area contributed by atoms with Crippen molar-refractivity contribution in [3.05, 3.63) is 29.3 Å². The van der Waals surface area contributed by atoms with E-state index in [-0.39, 0.29) is 10.6 Å². The quantitative estimate of drug-likeness (QED) is 0.839. The minimum Gasteiger partial charge on any atom is -0.389 e. The van der Waals surface area contributed by atoms with Gasteiger partial charge < -0.3 is 10.6 Å². The predicted octanol–water partition coefficient (Wildman–Crippen LogP) is 3.82. The van der Waals surface area contributed by atoms with Crippen molar-refractivity contribution in [2.45, 2.75) is 26.9 Å². The minimum absolute atomic E-state index is 0.128. The highest BCUT2D eigenvalue weighted by molar-refractivity contribution is 7.80. The molecule has 2 N–H and O–H groups in total. The van der Waals surface area contributed by atoms with Crippen molar-refractivity contribution in [2.75, 3.05) is 18.0 Å². The van der Waals surface area contributed by atoms with Gasteiger partial charge in [-0.25, -0.2) is 0 Å². The molecule has 20 heavy (non-hydrogen) atoms. The van der Waals surface area contributed by atoms with Crippen LogP contribution in [-0.4, -0.2) is 18.1 Å². The first kappa shape index (κ1) is 16.8. The van der Waals surface area contributed by atoms with Crippen molar-refractivity contribution in [3.63, 3.8) is 0 Å². The standard InChI is InChI=1S/C14H19F3N2S/c1-4-19(8-9(2)3)10-5-6-11(13(18)20)12(7-10)14(15,16)17/h5-7,9H,4,8H2,1-3H3,(H2,18,20). The molecule has 0 saturated carbocycles. The van der Waals surface area contributed by atoms with Gasteiger partial charge in [-0.2, -0.15) is 13.2 Å². The zero-order valence-electron chi connectivity index (χ0n) is 11.8. The molecule has 0 fully saturated rings. The number of nitrogens with zero attached hydrogens (tertiary/aromatic N) is 1. The molecule has 0 aromatic heterocycles. The zero-order valence-corrected chi connectivity index (χ0v) is 12.6. The Hall–Kier alpha value is -1.30. The van der Waals surface area contributed by atoms with Gasteiger partial charge in [-0.1, -0.05) is 26.1 Å². The van der Waals surface area contributed by atoms with E-state index in [2.05, 4.69) is 12.2 Å². The topological polar surface area (TPSA) is 29.3 Å². The summed E-state index contributed by atoms with van der Waals surface area (Å²) >= 11 is 4.69. The first-order valence-electron chi connectivity index (χ1n) is 6.42. The summed E-state index contributed by atoms with van der Waals surface area (Å²) in [4.78, 5) is 1.67. The molecule has 0 atom stereocenters. The third kappa shape index (κ3) is 4.10. The number of benzene rings is 1. The van der Waals surface area contributed by atoms with E-state index in [1.807, 2.05) is 25.7 Å². The van der Waals surface area contributed by atoms with Gasteiger partial charge in [0.1, 0.15) is 4.99 Å². The van der Waals surface area contributed by atoms with E-state index in [1.165, 1.54) is 6.07 Å². The molecule has 0 spiro atoms.